The minimum atomic E-state index is -0.883. The zero-order valence-electron chi connectivity index (χ0n) is 13.0. The Bertz CT molecular complexity index is 429. The largest absolute Gasteiger partial charge is 0.463 e. The maximum Gasteiger partial charge on any atom is 0.374 e. The van der Waals surface area contributed by atoms with Crippen molar-refractivity contribution in [3.05, 3.63) is 0 Å². The molecule has 3 atom stereocenters. The van der Waals surface area contributed by atoms with Crippen molar-refractivity contribution in [2.45, 2.75) is 64.0 Å². The molecule has 0 N–H and O–H groups in total. The van der Waals surface area contributed by atoms with Crippen molar-refractivity contribution in [3.8, 4) is 0 Å². The van der Waals surface area contributed by atoms with Crippen LogP contribution in [0.2, 0.25) is 0 Å². The van der Waals surface area contributed by atoms with Crippen LogP contribution in [0.15, 0.2) is 0 Å². The molecular weight excluding hydrogens is 280 g/mol. The van der Waals surface area contributed by atoms with E-state index in [2.05, 4.69) is 4.74 Å². The van der Waals surface area contributed by atoms with E-state index in [1.54, 1.807) is 13.8 Å². The van der Waals surface area contributed by atoms with Gasteiger partial charge in [-0.3, -0.25) is 4.79 Å². The number of carbonyl (C=O) groups is 2. The van der Waals surface area contributed by atoms with Gasteiger partial charge < -0.3 is 23.7 Å². The molecule has 0 unspecified atom stereocenters. The van der Waals surface area contributed by atoms with Gasteiger partial charge in [0, 0.05) is 6.42 Å². The lowest BCUT2D eigenvalue weighted by Crippen LogP contribution is -2.40. The number of esters is 1. The summed E-state index contributed by atoms with van der Waals surface area (Å²) in [6, 6.07) is 0. The minimum Gasteiger partial charge on any atom is -0.463 e. The molecule has 2 aliphatic rings. The molecular formula is C14H22O7. The maximum absolute atomic E-state index is 11.7. The highest BCUT2D eigenvalue weighted by Crippen LogP contribution is 2.36. The summed E-state index contributed by atoms with van der Waals surface area (Å²) in [6.45, 7) is 7.47. The molecule has 2 fully saturated rings. The summed E-state index contributed by atoms with van der Waals surface area (Å²) in [5.74, 6) is -3.07. The SMILES string of the molecule is COC(=O)C(=O)C[C@H]1OC(C)(C)O[C@@H]1[C@H]1COC(C)(C)O1. The summed E-state index contributed by atoms with van der Waals surface area (Å²) >= 11 is 0. The van der Waals surface area contributed by atoms with Gasteiger partial charge >= 0.3 is 5.97 Å². The monoisotopic (exact) mass is 302 g/mol. The molecule has 2 saturated heterocycles. The first-order valence-electron chi connectivity index (χ1n) is 6.92. The minimum absolute atomic E-state index is 0.110. The van der Waals surface area contributed by atoms with E-state index in [0.717, 1.165) is 0 Å². The van der Waals surface area contributed by atoms with Crippen molar-refractivity contribution in [1.82, 2.24) is 0 Å². The van der Waals surface area contributed by atoms with Crippen LogP contribution in [-0.4, -0.2) is 55.4 Å². The molecule has 2 aliphatic heterocycles. The van der Waals surface area contributed by atoms with Crippen LogP contribution in [0.5, 0.6) is 0 Å². The maximum atomic E-state index is 11.7. The van der Waals surface area contributed by atoms with Gasteiger partial charge in [0.15, 0.2) is 11.6 Å². The predicted octanol–water partition coefficient (Wildman–Crippen LogP) is 0.790. The second-order valence-electron chi connectivity index (χ2n) is 6.12. The number of rotatable bonds is 4. The molecule has 2 heterocycles. The molecule has 7 nitrogen and oxygen atoms in total. The molecule has 0 aromatic carbocycles. The van der Waals surface area contributed by atoms with Gasteiger partial charge in [0.1, 0.15) is 12.2 Å². The predicted molar refractivity (Wildman–Crippen MR) is 70.4 cm³/mol. The number of hydrogen-bond donors (Lipinski definition) is 0. The topological polar surface area (TPSA) is 80.3 Å². The van der Waals surface area contributed by atoms with Gasteiger partial charge in [0.2, 0.25) is 5.78 Å². The van der Waals surface area contributed by atoms with Crippen LogP contribution in [0, 0.1) is 0 Å². The number of ether oxygens (including phenoxy) is 5. The molecule has 0 amide bonds. The number of carbonyl (C=O) groups excluding carboxylic acids is 2. The Labute approximate surface area is 123 Å². The lowest BCUT2D eigenvalue weighted by molar-refractivity contribution is -0.174. The Kier molecular flexibility index (Phi) is 4.39. The van der Waals surface area contributed by atoms with Crippen LogP contribution in [0.4, 0.5) is 0 Å². The first kappa shape index (κ1) is 16.4. The van der Waals surface area contributed by atoms with Crippen LogP contribution in [0.1, 0.15) is 34.1 Å². The second kappa shape index (κ2) is 5.64. The number of Topliss-reactive ketones (excluding diaryl/α,β-unsaturated/α-hetero) is 1. The number of ketones is 1. The third-order valence-corrected chi connectivity index (χ3v) is 3.42. The quantitative estimate of drug-likeness (QED) is 0.561. The highest BCUT2D eigenvalue weighted by atomic mass is 16.8. The first-order chi connectivity index (χ1) is 9.63. The van der Waals surface area contributed by atoms with Gasteiger partial charge in [-0.25, -0.2) is 4.79 Å². The van der Waals surface area contributed by atoms with Crippen LogP contribution < -0.4 is 0 Å². The molecule has 0 aliphatic carbocycles. The van der Waals surface area contributed by atoms with E-state index in [1.807, 2.05) is 13.8 Å². The lowest BCUT2D eigenvalue weighted by Gasteiger charge is -2.23. The summed E-state index contributed by atoms with van der Waals surface area (Å²) < 4.78 is 27.3. The van der Waals surface area contributed by atoms with Gasteiger partial charge in [-0.1, -0.05) is 0 Å². The molecule has 21 heavy (non-hydrogen) atoms. The highest BCUT2D eigenvalue weighted by molar-refractivity contribution is 6.33. The molecule has 0 spiro atoms. The Hall–Kier alpha value is -1.02. The smallest absolute Gasteiger partial charge is 0.374 e. The van der Waals surface area contributed by atoms with Crippen LogP contribution in [-0.2, 0) is 33.3 Å². The van der Waals surface area contributed by atoms with Crippen molar-refractivity contribution < 1.29 is 33.3 Å². The molecule has 0 bridgehead atoms. The van der Waals surface area contributed by atoms with Crippen LogP contribution in [0.3, 0.4) is 0 Å². The fourth-order valence-corrected chi connectivity index (χ4v) is 2.59. The molecule has 2 rings (SSSR count). The second-order valence-corrected chi connectivity index (χ2v) is 6.12. The van der Waals surface area contributed by atoms with Crippen molar-refractivity contribution in [3.63, 3.8) is 0 Å². The van der Waals surface area contributed by atoms with Gasteiger partial charge in [-0.15, -0.1) is 0 Å². The lowest BCUT2D eigenvalue weighted by atomic mass is 10.0. The first-order valence-corrected chi connectivity index (χ1v) is 6.92. The van der Waals surface area contributed by atoms with Crippen molar-refractivity contribution in [1.29, 1.82) is 0 Å². The average molecular weight is 302 g/mol. The summed E-state index contributed by atoms with van der Waals surface area (Å²) in [6.07, 6.45) is -1.51. The number of hydrogen-bond acceptors (Lipinski definition) is 7. The Morgan fingerprint density at radius 1 is 1.10 bits per heavy atom. The van der Waals surface area contributed by atoms with E-state index < -0.39 is 35.5 Å². The van der Waals surface area contributed by atoms with Gasteiger partial charge in [0.25, 0.3) is 0 Å². The summed E-state index contributed by atoms with van der Waals surface area (Å²) in [4.78, 5) is 23.0. The van der Waals surface area contributed by atoms with Gasteiger partial charge in [0.05, 0.1) is 19.8 Å². The van der Waals surface area contributed by atoms with E-state index in [1.165, 1.54) is 7.11 Å². The Morgan fingerprint density at radius 3 is 2.29 bits per heavy atom. The van der Waals surface area contributed by atoms with Gasteiger partial charge in [-0.2, -0.15) is 0 Å². The summed E-state index contributed by atoms with van der Waals surface area (Å²) in [7, 11) is 1.17. The summed E-state index contributed by atoms with van der Waals surface area (Å²) in [5.41, 5.74) is 0. The molecule has 0 radical (unpaired) electrons. The molecule has 0 aromatic rings. The van der Waals surface area contributed by atoms with E-state index in [0.29, 0.717) is 6.61 Å². The molecule has 120 valence electrons. The van der Waals surface area contributed by atoms with Crippen molar-refractivity contribution in [2.75, 3.05) is 13.7 Å². The normalized spacial score (nSPS) is 33.9. The molecule has 0 aromatic heterocycles. The molecule has 0 saturated carbocycles. The van der Waals surface area contributed by atoms with E-state index >= 15 is 0 Å². The van der Waals surface area contributed by atoms with Crippen LogP contribution >= 0.6 is 0 Å². The van der Waals surface area contributed by atoms with Gasteiger partial charge in [-0.05, 0) is 27.7 Å². The summed E-state index contributed by atoms with van der Waals surface area (Å²) in [5, 5.41) is 0. The zero-order chi connectivity index (χ0) is 15.8. The van der Waals surface area contributed by atoms with Crippen LogP contribution in [0.25, 0.3) is 0 Å². The van der Waals surface area contributed by atoms with E-state index in [4.69, 9.17) is 18.9 Å². The fraction of sp³-hybridized carbons (Fsp3) is 0.857. The third-order valence-electron chi connectivity index (χ3n) is 3.42. The standard InChI is InChI=1S/C14H22O7/c1-13(2)18-7-10(20-13)11-9(19-14(3,4)21-11)6-8(15)12(16)17-5/h9-11H,6-7H2,1-5H3/t9-,10-,11+/m1/s1. The van der Waals surface area contributed by atoms with Crippen molar-refractivity contribution in [2.24, 2.45) is 0 Å². The van der Waals surface area contributed by atoms with E-state index in [-0.39, 0.29) is 12.5 Å². The van der Waals surface area contributed by atoms with Crippen molar-refractivity contribution >= 4 is 11.8 Å². The molecule has 7 heteroatoms. The number of methoxy groups -OCH3 is 1. The Morgan fingerprint density at radius 2 is 1.76 bits per heavy atom. The highest BCUT2D eigenvalue weighted by Gasteiger charge is 2.50. The third kappa shape index (κ3) is 3.79. The fourth-order valence-electron chi connectivity index (χ4n) is 2.59. The zero-order valence-corrected chi connectivity index (χ0v) is 13.0. The van der Waals surface area contributed by atoms with E-state index in [9.17, 15) is 9.59 Å². The average Bonchev–Trinajstić information content (AvgIpc) is 2.87. The Balaban J connectivity index is 2.07.